The standard InChI is InChI=1S/C13H22N2O3/c1-12(2,3)18-11(17)15-8-6-13(9-15)5-4-7-14-10(13)16/h4-9H2,1-3H3,(H,14,16)/t13-/m0/s1. The van der Waals surface area contributed by atoms with E-state index in [1.165, 1.54) is 0 Å². The van der Waals surface area contributed by atoms with E-state index in [2.05, 4.69) is 5.32 Å². The fourth-order valence-corrected chi connectivity index (χ4v) is 2.67. The molecule has 1 spiro atoms. The van der Waals surface area contributed by atoms with E-state index in [0.717, 1.165) is 25.8 Å². The number of amides is 2. The molecule has 102 valence electrons. The molecule has 2 fully saturated rings. The third-order valence-corrected chi connectivity index (χ3v) is 3.60. The molecule has 1 N–H and O–H groups in total. The van der Waals surface area contributed by atoms with Crippen LogP contribution in [0.3, 0.4) is 0 Å². The maximum Gasteiger partial charge on any atom is 0.410 e. The van der Waals surface area contributed by atoms with Crippen molar-refractivity contribution in [2.24, 2.45) is 5.41 Å². The van der Waals surface area contributed by atoms with Crippen LogP contribution in [-0.4, -0.2) is 42.1 Å². The van der Waals surface area contributed by atoms with Crippen molar-refractivity contribution in [3.8, 4) is 0 Å². The molecular formula is C13H22N2O3. The summed E-state index contributed by atoms with van der Waals surface area (Å²) >= 11 is 0. The van der Waals surface area contributed by atoms with Crippen LogP contribution in [0.1, 0.15) is 40.0 Å². The number of likely N-dealkylation sites (tertiary alicyclic amines) is 1. The zero-order valence-electron chi connectivity index (χ0n) is 11.4. The van der Waals surface area contributed by atoms with Gasteiger partial charge in [0.25, 0.3) is 0 Å². The first-order chi connectivity index (χ1) is 8.32. The smallest absolute Gasteiger partial charge is 0.410 e. The fraction of sp³-hybridized carbons (Fsp3) is 0.846. The molecule has 0 aromatic rings. The van der Waals surface area contributed by atoms with Crippen molar-refractivity contribution in [2.75, 3.05) is 19.6 Å². The number of carbonyl (C=O) groups is 2. The molecule has 2 amide bonds. The number of hydrogen-bond donors (Lipinski definition) is 1. The highest BCUT2D eigenvalue weighted by atomic mass is 16.6. The summed E-state index contributed by atoms with van der Waals surface area (Å²) in [5.41, 5.74) is -0.850. The Bertz CT molecular complexity index is 362. The quantitative estimate of drug-likeness (QED) is 0.713. The lowest BCUT2D eigenvalue weighted by atomic mass is 9.79. The topological polar surface area (TPSA) is 58.6 Å². The van der Waals surface area contributed by atoms with E-state index < -0.39 is 5.60 Å². The fourth-order valence-electron chi connectivity index (χ4n) is 2.67. The minimum absolute atomic E-state index is 0.0970. The molecule has 0 radical (unpaired) electrons. The van der Waals surface area contributed by atoms with Gasteiger partial charge in [0, 0.05) is 19.6 Å². The van der Waals surface area contributed by atoms with Gasteiger partial charge >= 0.3 is 6.09 Å². The molecule has 0 saturated carbocycles. The molecule has 0 bridgehead atoms. The summed E-state index contributed by atoms with van der Waals surface area (Å²) in [5, 5.41) is 2.90. The summed E-state index contributed by atoms with van der Waals surface area (Å²) in [6.45, 7) is 7.42. The lowest BCUT2D eigenvalue weighted by molar-refractivity contribution is -0.132. The number of hydrogen-bond acceptors (Lipinski definition) is 3. The second-order valence-corrected chi connectivity index (χ2v) is 6.29. The van der Waals surface area contributed by atoms with Crippen LogP contribution in [0.5, 0.6) is 0 Å². The first kappa shape index (κ1) is 13.2. The summed E-state index contributed by atoms with van der Waals surface area (Å²) in [6.07, 6.45) is 2.31. The molecule has 2 aliphatic rings. The molecule has 5 heteroatoms. The molecule has 0 aromatic carbocycles. The number of ether oxygens (including phenoxy) is 1. The van der Waals surface area contributed by atoms with Crippen LogP contribution in [-0.2, 0) is 9.53 Å². The number of piperidine rings is 1. The van der Waals surface area contributed by atoms with Gasteiger partial charge in [-0.3, -0.25) is 4.79 Å². The summed E-state index contributed by atoms with van der Waals surface area (Å²) < 4.78 is 5.35. The normalized spacial score (nSPS) is 28.4. The van der Waals surface area contributed by atoms with Crippen LogP contribution in [0.2, 0.25) is 0 Å². The van der Waals surface area contributed by atoms with Gasteiger partial charge < -0.3 is 15.0 Å². The van der Waals surface area contributed by atoms with Crippen molar-refractivity contribution in [3.05, 3.63) is 0 Å². The number of carbonyl (C=O) groups excluding carboxylic acids is 2. The summed E-state index contributed by atoms with van der Waals surface area (Å²) in [5.74, 6) is 0.0970. The number of nitrogens with one attached hydrogen (secondary N) is 1. The van der Waals surface area contributed by atoms with Crippen molar-refractivity contribution in [1.29, 1.82) is 0 Å². The van der Waals surface area contributed by atoms with Gasteiger partial charge in [0.05, 0.1) is 5.41 Å². The van der Waals surface area contributed by atoms with Crippen LogP contribution in [0.4, 0.5) is 4.79 Å². The number of rotatable bonds is 0. The molecule has 18 heavy (non-hydrogen) atoms. The van der Waals surface area contributed by atoms with E-state index in [4.69, 9.17) is 4.74 Å². The Balaban J connectivity index is 1.99. The van der Waals surface area contributed by atoms with Crippen molar-refractivity contribution in [2.45, 2.75) is 45.6 Å². The van der Waals surface area contributed by atoms with Crippen LogP contribution < -0.4 is 5.32 Å². The first-order valence-electron chi connectivity index (χ1n) is 6.59. The van der Waals surface area contributed by atoms with Gasteiger partial charge in [-0.1, -0.05) is 0 Å². The van der Waals surface area contributed by atoms with Crippen molar-refractivity contribution in [3.63, 3.8) is 0 Å². The van der Waals surface area contributed by atoms with Crippen LogP contribution in [0.15, 0.2) is 0 Å². The third-order valence-electron chi connectivity index (χ3n) is 3.60. The van der Waals surface area contributed by atoms with Gasteiger partial charge in [0.15, 0.2) is 0 Å². The highest BCUT2D eigenvalue weighted by Crippen LogP contribution is 2.37. The Morgan fingerprint density at radius 3 is 2.72 bits per heavy atom. The van der Waals surface area contributed by atoms with Gasteiger partial charge in [0.1, 0.15) is 5.60 Å². The van der Waals surface area contributed by atoms with E-state index >= 15 is 0 Å². The average Bonchev–Trinajstić information content (AvgIpc) is 2.66. The second-order valence-electron chi connectivity index (χ2n) is 6.29. The Labute approximate surface area is 108 Å². The van der Waals surface area contributed by atoms with Gasteiger partial charge in [-0.05, 0) is 40.0 Å². The van der Waals surface area contributed by atoms with Gasteiger partial charge in [-0.15, -0.1) is 0 Å². The maximum atomic E-state index is 12.0. The third kappa shape index (κ3) is 2.60. The molecule has 0 aliphatic carbocycles. The van der Waals surface area contributed by atoms with Crippen LogP contribution in [0, 0.1) is 5.41 Å². The van der Waals surface area contributed by atoms with Gasteiger partial charge in [-0.25, -0.2) is 4.79 Å². The Morgan fingerprint density at radius 2 is 2.11 bits per heavy atom. The molecule has 2 saturated heterocycles. The predicted molar refractivity (Wildman–Crippen MR) is 67.1 cm³/mol. The van der Waals surface area contributed by atoms with E-state index in [1.807, 2.05) is 20.8 Å². The number of nitrogens with zero attached hydrogens (tertiary/aromatic N) is 1. The summed E-state index contributed by atoms with van der Waals surface area (Å²) in [4.78, 5) is 25.6. The molecule has 2 rings (SSSR count). The Hall–Kier alpha value is -1.26. The minimum atomic E-state index is -0.484. The van der Waals surface area contributed by atoms with Crippen LogP contribution >= 0.6 is 0 Å². The largest absolute Gasteiger partial charge is 0.444 e. The lowest BCUT2D eigenvalue weighted by Gasteiger charge is -2.32. The maximum absolute atomic E-state index is 12.0. The summed E-state index contributed by atoms with van der Waals surface area (Å²) in [7, 11) is 0. The predicted octanol–water partition coefficient (Wildman–Crippen LogP) is 1.52. The molecule has 0 unspecified atom stereocenters. The van der Waals surface area contributed by atoms with Crippen LogP contribution in [0.25, 0.3) is 0 Å². The van der Waals surface area contributed by atoms with Crippen molar-refractivity contribution < 1.29 is 14.3 Å². The van der Waals surface area contributed by atoms with Gasteiger partial charge in [0.2, 0.25) is 5.91 Å². The first-order valence-corrected chi connectivity index (χ1v) is 6.59. The van der Waals surface area contributed by atoms with E-state index in [-0.39, 0.29) is 17.4 Å². The van der Waals surface area contributed by atoms with Crippen molar-refractivity contribution >= 4 is 12.0 Å². The molecule has 5 nitrogen and oxygen atoms in total. The van der Waals surface area contributed by atoms with Gasteiger partial charge in [-0.2, -0.15) is 0 Å². The second kappa shape index (κ2) is 4.44. The Kier molecular flexibility index (Phi) is 3.25. The van der Waals surface area contributed by atoms with E-state index in [0.29, 0.717) is 13.1 Å². The highest BCUT2D eigenvalue weighted by molar-refractivity contribution is 5.85. The monoisotopic (exact) mass is 254 g/mol. The SMILES string of the molecule is CC(C)(C)OC(=O)N1CC[C@@]2(CCCNC2=O)C1. The summed E-state index contributed by atoms with van der Waals surface area (Å²) in [6, 6.07) is 0. The zero-order valence-corrected chi connectivity index (χ0v) is 11.4. The lowest BCUT2D eigenvalue weighted by Crippen LogP contribution is -2.48. The molecule has 0 aromatic heterocycles. The highest BCUT2D eigenvalue weighted by Gasteiger charge is 2.47. The molecular weight excluding hydrogens is 232 g/mol. The molecule has 1 atom stereocenters. The van der Waals surface area contributed by atoms with E-state index in [1.54, 1.807) is 4.90 Å². The Morgan fingerprint density at radius 1 is 1.39 bits per heavy atom. The van der Waals surface area contributed by atoms with Crippen molar-refractivity contribution in [1.82, 2.24) is 10.2 Å². The van der Waals surface area contributed by atoms with E-state index in [9.17, 15) is 9.59 Å². The minimum Gasteiger partial charge on any atom is -0.444 e. The molecule has 2 aliphatic heterocycles. The zero-order chi connectivity index (χ0) is 13.4. The molecule has 2 heterocycles. The average molecular weight is 254 g/mol.